The Kier molecular flexibility index (Phi) is 14.6. The molecule has 0 spiro atoms. The molecule has 0 saturated carbocycles. The molecule has 1 aliphatic rings. The number of allylic oxidation sites excluding steroid dienone is 2. The number of hydrogen-bond donors (Lipinski definition) is 0. The fraction of sp³-hybridized carbons (Fsp3) is 0.173. The van der Waals surface area contributed by atoms with Gasteiger partial charge in [0.15, 0.2) is 0 Å². The molecule has 2 aromatic heterocycles. The Bertz CT molecular complexity index is 4070. The molecule has 9 aromatic carbocycles. The number of benzene rings is 9. The summed E-state index contributed by atoms with van der Waals surface area (Å²) in [5.41, 5.74) is 15.5. The van der Waals surface area contributed by atoms with Crippen molar-refractivity contribution in [3.63, 3.8) is 0 Å². The summed E-state index contributed by atoms with van der Waals surface area (Å²) in [6.07, 6.45) is 1.93. The fourth-order valence-corrected chi connectivity index (χ4v) is 11.7. The number of fused-ring (bicyclic) bond motifs is 3. The van der Waals surface area contributed by atoms with Gasteiger partial charge in [0.25, 0.3) is 0 Å². The molecule has 0 bridgehead atoms. The quantitative estimate of drug-likeness (QED) is 0.108. The minimum atomic E-state index is -0.503. The van der Waals surface area contributed by atoms with Crippen LogP contribution in [-0.4, -0.2) is 9.55 Å². The van der Waals surface area contributed by atoms with E-state index in [-0.39, 0.29) is 31.9 Å². The summed E-state index contributed by atoms with van der Waals surface area (Å²) >= 11 is 0. The van der Waals surface area contributed by atoms with Gasteiger partial charge in [0.05, 0.1) is 0 Å². The molecule has 0 amide bonds. The first-order valence-corrected chi connectivity index (χ1v) is 27.8. The van der Waals surface area contributed by atoms with E-state index < -0.39 is 10.8 Å². The van der Waals surface area contributed by atoms with Crippen LogP contribution in [0.5, 0.6) is 11.5 Å². The van der Waals surface area contributed by atoms with Gasteiger partial charge in [-0.15, -0.1) is 48.1 Å². The standard InChI is InChI=1S/C75H67N4O.Pt/c1-72(2,3)60-44-55(53-28-17-11-18-29-53)45-62(47-60)78-51-77(70(74(6,7)57-32-21-13-22-33-57)71(78)75(8,9)58-34-23-14-24-35-58)61-36-25-37-63(49-61)80-64-39-40-65-66-46-54(52-26-15-10-16-27-52)38-41-67(66)79(68(65)50-64)69-48-59(42-43-76-69)73(4,5)56-30-19-12-20-31-56;/h10-48,51H,1-9H3;/q-3;. The second kappa shape index (κ2) is 21.7. The van der Waals surface area contributed by atoms with Crippen molar-refractivity contribution in [2.75, 3.05) is 9.80 Å². The van der Waals surface area contributed by atoms with Crippen molar-refractivity contribution in [2.24, 2.45) is 0 Å². The van der Waals surface area contributed by atoms with Gasteiger partial charge in [-0.05, 0) is 91.2 Å². The zero-order valence-corrected chi connectivity index (χ0v) is 49.9. The Morgan fingerprint density at radius 2 is 0.951 bits per heavy atom. The van der Waals surface area contributed by atoms with Gasteiger partial charge in [-0.25, -0.2) is 4.98 Å². The van der Waals surface area contributed by atoms with Crippen molar-refractivity contribution in [3.05, 3.63) is 295 Å². The second-order valence-corrected chi connectivity index (χ2v) is 23.8. The monoisotopic (exact) mass is 1230 g/mol. The number of aromatic nitrogens is 2. The topological polar surface area (TPSA) is 33.5 Å². The summed E-state index contributed by atoms with van der Waals surface area (Å²) in [7, 11) is 0. The van der Waals surface area contributed by atoms with Crippen LogP contribution in [0.1, 0.15) is 90.1 Å². The largest absolute Gasteiger partial charge is 0.509 e. The van der Waals surface area contributed by atoms with Crippen molar-refractivity contribution in [2.45, 2.75) is 84.0 Å². The van der Waals surface area contributed by atoms with Crippen LogP contribution in [0.4, 0.5) is 11.4 Å². The maximum absolute atomic E-state index is 6.99. The number of hydrogen-bond acceptors (Lipinski definition) is 4. The summed E-state index contributed by atoms with van der Waals surface area (Å²) in [6, 6.07) is 90.0. The first-order chi connectivity index (χ1) is 38.6. The molecule has 3 heterocycles. The number of rotatable bonds is 13. The Labute approximate surface area is 493 Å². The molecular formula is C75H67N4OPt-3. The fourth-order valence-electron chi connectivity index (χ4n) is 11.7. The molecule has 0 unspecified atom stereocenters. The molecule has 0 aliphatic carbocycles. The van der Waals surface area contributed by atoms with Crippen LogP contribution < -0.4 is 14.5 Å². The van der Waals surface area contributed by atoms with Crippen molar-refractivity contribution < 1.29 is 25.8 Å². The van der Waals surface area contributed by atoms with Crippen LogP contribution in [0.25, 0.3) is 49.9 Å². The summed E-state index contributed by atoms with van der Waals surface area (Å²) in [5.74, 6) is 1.96. The van der Waals surface area contributed by atoms with Gasteiger partial charge in [0, 0.05) is 77.6 Å². The van der Waals surface area contributed by atoms with Crippen LogP contribution in [0.2, 0.25) is 0 Å². The van der Waals surface area contributed by atoms with E-state index in [1.165, 1.54) is 44.6 Å². The smallest absolute Gasteiger partial charge is 0.135 e. The molecule has 5 nitrogen and oxygen atoms in total. The minimum absolute atomic E-state index is 0. The van der Waals surface area contributed by atoms with E-state index in [1.54, 1.807) is 0 Å². The molecule has 0 fully saturated rings. The van der Waals surface area contributed by atoms with Crippen molar-refractivity contribution in [1.82, 2.24) is 9.55 Å². The average Bonchev–Trinajstić information content (AvgIpc) is 4.18. The molecule has 0 saturated heterocycles. The zero-order chi connectivity index (χ0) is 55.4. The molecule has 0 atom stereocenters. The van der Waals surface area contributed by atoms with Gasteiger partial charge in [-0.3, -0.25) is 0 Å². The van der Waals surface area contributed by atoms with Crippen molar-refractivity contribution in [1.29, 1.82) is 0 Å². The average molecular weight is 1240 g/mol. The molecule has 12 rings (SSSR count). The van der Waals surface area contributed by atoms with E-state index in [1.807, 2.05) is 18.3 Å². The summed E-state index contributed by atoms with van der Waals surface area (Å²) in [6.45, 7) is 23.2. The van der Waals surface area contributed by atoms with Crippen molar-refractivity contribution in [3.8, 4) is 39.6 Å². The third-order valence-electron chi connectivity index (χ3n) is 16.5. The van der Waals surface area contributed by atoms with Gasteiger partial charge >= 0.3 is 0 Å². The summed E-state index contributed by atoms with van der Waals surface area (Å²) < 4.78 is 9.22. The third kappa shape index (κ3) is 10.3. The second-order valence-electron chi connectivity index (χ2n) is 23.8. The zero-order valence-electron chi connectivity index (χ0n) is 47.6. The van der Waals surface area contributed by atoms with E-state index in [4.69, 9.17) is 9.72 Å². The van der Waals surface area contributed by atoms with Gasteiger partial charge in [-0.1, -0.05) is 238 Å². The predicted molar refractivity (Wildman–Crippen MR) is 333 cm³/mol. The molecular weight excluding hydrogens is 1170 g/mol. The first kappa shape index (κ1) is 54.7. The Balaban J connectivity index is 0.00000690. The van der Waals surface area contributed by atoms with Gasteiger partial charge < -0.3 is 19.1 Å². The molecule has 0 radical (unpaired) electrons. The summed E-state index contributed by atoms with van der Waals surface area (Å²) in [5, 5.41) is 2.17. The van der Waals surface area contributed by atoms with Crippen LogP contribution in [-0.2, 0) is 42.7 Å². The Morgan fingerprint density at radius 3 is 1.54 bits per heavy atom. The van der Waals surface area contributed by atoms with E-state index >= 15 is 0 Å². The molecule has 406 valence electrons. The van der Waals surface area contributed by atoms with Crippen LogP contribution >= 0.6 is 0 Å². The first-order valence-electron chi connectivity index (χ1n) is 27.8. The van der Waals surface area contributed by atoms with Gasteiger partial charge in [0.1, 0.15) is 5.82 Å². The maximum atomic E-state index is 6.99. The van der Waals surface area contributed by atoms with Crippen LogP contribution in [0.3, 0.4) is 0 Å². The molecule has 11 aromatic rings. The SMILES string of the molecule is CC(C)(C)c1cc(-c2ccccc2)cc(N2[CH-]N(c3[c-]c(Oc4[c-]c5c(cc4)c4cc(-c6ccccc6)ccc4n5-c4cc(C(C)(C)c5ccccc5)ccn4)ccc3)C(C(C)(C)c3ccccc3)=C2C(C)(C)c2ccccc2)c1.[Pt]. The van der Waals surface area contributed by atoms with E-state index in [0.29, 0.717) is 11.5 Å². The molecule has 1 aliphatic heterocycles. The Morgan fingerprint density at radius 1 is 0.407 bits per heavy atom. The van der Waals surface area contributed by atoms with Gasteiger partial charge in [-0.2, -0.15) is 12.1 Å². The normalized spacial score (nSPS) is 13.2. The van der Waals surface area contributed by atoms with E-state index in [9.17, 15) is 0 Å². The van der Waals surface area contributed by atoms with Crippen molar-refractivity contribution >= 4 is 33.2 Å². The minimum Gasteiger partial charge on any atom is -0.509 e. The van der Waals surface area contributed by atoms with Crippen LogP contribution in [0, 0.1) is 18.8 Å². The molecule has 81 heavy (non-hydrogen) atoms. The van der Waals surface area contributed by atoms with Crippen LogP contribution in [0.15, 0.2) is 248 Å². The molecule has 0 N–H and O–H groups in total. The number of ether oxygens (including phenoxy) is 1. The number of anilines is 2. The maximum Gasteiger partial charge on any atom is 0.135 e. The van der Waals surface area contributed by atoms with E-state index in [2.05, 4.69) is 314 Å². The number of nitrogens with zero attached hydrogens (tertiary/aromatic N) is 4. The number of pyridine rings is 1. The third-order valence-corrected chi connectivity index (χ3v) is 16.5. The Hall–Kier alpha value is -8.24. The van der Waals surface area contributed by atoms with E-state index in [0.717, 1.165) is 55.8 Å². The van der Waals surface area contributed by atoms with Gasteiger partial charge in [0.2, 0.25) is 0 Å². The molecule has 6 heteroatoms. The predicted octanol–water partition coefficient (Wildman–Crippen LogP) is 19.1. The summed E-state index contributed by atoms with van der Waals surface area (Å²) in [4.78, 5) is 9.88.